The van der Waals surface area contributed by atoms with Crippen LogP contribution in [-0.4, -0.2) is 12.2 Å². The molecule has 0 saturated heterocycles. The van der Waals surface area contributed by atoms with E-state index in [1.807, 2.05) is 17.5 Å². The van der Waals surface area contributed by atoms with Crippen molar-refractivity contribution in [3.05, 3.63) is 22.4 Å². The molecule has 1 N–H and O–H groups in total. The van der Waals surface area contributed by atoms with E-state index in [2.05, 4.69) is 5.32 Å². The van der Waals surface area contributed by atoms with Gasteiger partial charge in [0, 0.05) is 17.0 Å². The lowest BCUT2D eigenvalue weighted by Crippen LogP contribution is -2.34. The Bertz CT molecular complexity index is 343. The van der Waals surface area contributed by atoms with E-state index < -0.39 is 18.6 Å². The first kappa shape index (κ1) is 12.9. The van der Waals surface area contributed by atoms with Gasteiger partial charge in [0.05, 0.1) is 6.42 Å². The van der Waals surface area contributed by atoms with Gasteiger partial charge in [0.25, 0.3) is 0 Å². The molecule has 2 atom stereocenters. The van der Waals surface area contributed by atoms with Crippen LogP contribution in [0.1, 0.15) is 37.1 Å². The molecule has 0 spiro atoms. The van der Waals surface area contributed by atoms with E-state index in [0.717, 1.165) is 17.7 Å². The predicted octanol–water partition coefficient (Wildman–Crippen LogP) is 4.13. The molecule has 0 aromatic carbocycles. The van der Waals surface area contributed by atoms with Crippen LogP contribution in [0.4, 0.5) is 13.2 Å². The maximum Gasteiger partial charge on any atom is 0.390 e. The van der Waals surface area contributed by atoms with Crippen LogP contribution < -0.4 is 5.32 Å². The Morgan fingerprint density at radius 3 is 2.65 bits per heavy atom. The van der Waals surface area contributed by atoms with Crippen molar-refractivity contribution in [3.63, 3.8) is 0 Å². The van der Waals surface area contributed by atoms with Crippen molar-refractivity contribution in [1.29, 1.82) is 0 Å². The lowest BCUT2D eigenvalue weighted by Gasteiger charge is -2.23. The zero-order valence-corrected chi connectivity index (χ0v) is 10.4. The molecule has 0 aliphatic heterocycles. The molecule has 96 valence electrons. The summed E-state index contributed by atoms with van der Waals surface area (Å²) in [7, 11) is 0. The molecule has 1 fully saturated rings. The Kier molecular flexibility index (Phi) is 3.78. The molecule has 1 aromatic rings. The average Bonchev–Trinajstić information content (AvgIpc) is 2.87. The molecule has 1 saturated carbocycles. The summed E-state index contributed by atoms with van der Waals surface area (Å²) in [6.45, 7) is 1.61. The molecular weight excluding hydrogens is 247 g/mol. The van der Waals surface area contributed by atoms with Gasteiger partial charge in [0.2, 0.25) is 0 Å². The first-order chi connectivity index (χ1) is 7.96. The predicted molar refractivity (Wildman–Crippen MR) is 63.1 cm³/mol. The Morgan fingerprint density at radius 1 is 1.47 bits per heavy atom. The molecule has 0 amide bonds. The van der Waals surface area contributed by atoms with Crippen molar-refractivity contribution in [2.75, 3.05) is 0 Å². The molecule has 1 aromatic heterocycles. The van der Waals surface area contributed by atoms with Gasteiger partial charge in [0.15, 0.2) is 0 Å². The van der Waals surface area contributed by atoms with E-state index in [0.29, 0.717) is 5.92 Å². The minimum absolute atomic E-state index is 0.104. The summed E-state index contributed by atoms with van der Waals surface area (Å²) in [6, 6.07) is 3.53. The van der Waals surface area contributed by atoms with Gasteiger partial charge in [-0.2, -0.15) is 13.2 Å². The summed E-state index contributed by atoms with van der Waals surface area (Å²) < 4.78 is 36.8. The normalized spacial score (nSPS) is 20.2. The van der Waals surface area contributed by atoms with Gasteiger partial charge in [-0.25, -0.2) is 0 Å². The molecule has 2 unspecified atom stereocenters. The van der Waals surface area contributed by atoms with Crippen molar-refractivity contribution >= 4 is 11.3 Å². The van der Waals surface area contributed by atoms with Crippen LogP contribution in [-0.2, 0) is 0 Å². The first-order valence-electron chi connectivity index (χ1n) is 5.82. The number of alkyl halides is 3. The second-order valence-electron chi connectivity index (χ2n) is 4.72. The third-order valence-corrected chi connectivity index (χ3v) is 3.90. The number of hydrogen-bond donors (Lipinski definition) is 1. The Hall–Kier alpha value is -0.550. The fourth-order valence-corrected chi connectivity index (χ4v) is 2.94. The fourth-order valence-electron chi connectivity index (χ4n) is 2.06. The number of rotatable bonds is 5. The molecular formula is C12H16F3NS. The minimum Gasteiger partial charge on any atom is -0.306 e. The van der Waals surface area contributed by atoms with Crippen molar-refractivity contribution < 1.29 is 13.2 Å². The van der Waals surface area contributed by atoms with Gasteiger partial charge in [-0.05, 0) is 37.1 Å². The zero-order valence-electron chi connectivity index (χ0n) is 9.63. The summed E-state index contributed by atoms with van der Waals surface area (Å²) in [5, 5.41) is 5.10. The van der Waals surface area contributed by atoms with Crippen molar-refractivity contribution in [3.8, 4) is 0 Å². The van der Waals surface area contributed by atoms with E-state index >= 15 is 0 Å². The van der Waals surface area contributed by atoms with Crippen molar-refractivity contribution in [2.45, 2.75) is 44.4 Å². The number of nitrogens with one attached hydrogen (secondary N) is 1. The Morgan fingerprint density at radius 2 is 2.18 bits per heavy atom. The minimum atomic E-state index is -4.09. The largest absolute Gasteiger partial charge is 0.390 e. The van der Waals surface area contributed by atoms with Gasteiger partial charge in [-0.15, -0.1) is 11.3 Å². The summed E-state index contributed by atoms with van der Waals surface area (Å²) in [5.41, 5.74) is 0. The Balaban J connectivity index is 1.94. The maximum atomic E-state index is 12.3. The maximum absolute atomic E-state index is 12.3. The molecule has 0 bridgehead atoms. The van der Waals surface area contributed by atoms with Crippen LogP contribution in [0.15, 0.2) is 17.5 Å². The quantitative estimate of drug-likeness (QED) is 0.842. The average molecular weight is 263 g/mol. The monoisotopic (exact) mass is 263 g/mol. The lowest BCUT2D eigenvalue weighted by molar-refractivity contribution is -0.139. The lowest BCUT2D eigenvalue weighted by atomic mass is 10.1. The van der Waals surface area contributed by atoms with Crippen LogP contribution in [0, 0.1) is 5.92 Å². The summed E-state index contributed by atoms with van der Waals surface area (Å²) in [5.74, 6) is 0.518. The number of thiophene rings is 1. The van der Waals surface area contributed by atoms with Crippen LogP contribution in [0.5, 0.6) is 0 Å². The van der Waals surface area contributed by atoms with Gasteiger partial charge in [-0.3, -0.25) is 0 Å². The molecule has 1 nitrogen and oxygen atoms in total. The highest BCUT2D eigenvalue weighted by molar-refractivity contribution is 7.10. The second-order valence-corrected chi connectivity index (χ2v) is 5.70. The summed E-state index contributed by atoms with van der Waals surface area (Å²) in [4.78, 5) is 1.15. The highest BCUT2D eigenvalue weighted by atomic mass is 32.1. The van der Waals surface area contributed by atoms with Crippen molar-refractivity contribution in [1.82, 2.24) is 5.32 Å². The first-order valence-corrected chi connectivity index (χ1v) is 6.70. The molecule has 5 heteroatoms. The smallest absolute Gasteiger partial charge is 0.306 e. The van der Waals surface area contributed by atoms with E-state index in [1.54, 1.807) is 18.3 Å². The van der Waals surface area contributed by atoms with Gasteiger partial charge in [0.1, 0.15) is 0 Å². The van der Waals surface area contributed by atoms with Crippen LogP contribution in [0.25, 0.3) is 0 Å². The number of hydrogen-bond acceptors (Lipinski definition) is 2. The van der Waals surface area contributed by atoms with Gasteiger partial charge >= 0.3 is 6.18 Å². The standard InChI is InChI=1S/C12H16F3NS/c1-8(7-12(13,14)15)16-11(9-4-5-9)10-3-2-6-17-10/h2-3,6,8-9,11,16H,4-5,7H2,1H3. The highest BCUT2D eigenvalue weighted by Gasteiger charge is 2.36. The Labute approximate surface area is 103 Å². The van der Waals surface area contributed by atoms with E-state index in [9.17, 15) is 13.2 Å². The molecule has 1 heterocycles. The van der Waals surface area contributed by atoms with Gasteiger partial charge < -0.3 is 5.32 Å². The van der Waals surface area contributed by atoms with E-state index in [4.69, 9.17) is 0 Å². The third kappa shape index (κ3) is 4.00. The van der Waals surface area contributed by atoms with Crippen LogP contribution in [0.3, 0.4) is 0 Å². The summed E-state index contributed by atoms with van der Waals surface area (Å²) in [6.07, 6.45) is -2.61. The van der Waals surface area contributed by atoms with E-state index in [1.165, 1.54) is 0 Å². The van der Waals surface area contributed by atoms with Gasteiger partial charge in [-0.1, -0.05) is 6.07 Å². The van der Waals surface area contributed by atoms with Crippen LogP contribution >= 0.6 is 11.3 Å². The SMILES string of the molecule is CC(CC(F)(F)F)NC(c1cccs1)C1CC1. The molecule has 0 radical (unpaired) electrons. The zero-order chi connectivity index (χ0) is 12.5. The van der Waals surface area contributed by atoms with Crippen molar-refractivity contribution in [2.24, 2.45) is 5.92 Å². The molecule has 17 heavy (non-hydrogen) atoms. The highest BCUT2D eigenvalue weighted by Crippen LogP contribution is 2.42. The second kappa shape index (κ2) is 4.98. The topological polar surface area (TPSA) is 12.0 Å². The summed E-state index contributed by atoms with van der Waals surface area (Å²) >= 11 is 1.62. The number of halogens is 3. The van der Waals surface area contributed by atoms with Crippen LogP contribution in [0.2, 0.25) is 0 Å². The van der Waals surface area contributed by atoms with E-state index in [-0.39, 0.29) is 6.04 Å². The molecule has 1 aliphatic rings. The third-order valence-electron chi connectivity index (χ3n) is 2.94. The molecule has 1 aliphatic carbocycles. The fraction of sp³-hybridized carbons (Fsp3) is 0.667. The molecule has 2 rings (SSSR count).